The molecule has 0 aromatic carbocycles. The molecule has 0 aromatic heterocycles. The van der Waals surface area contributed by atoms with E-state index in [0.717, 1.165) is 37.7 Å². The summed E-state index contributed by atoms with van der Waals surface area (Å²) in [5.74, 6) is 0.643. The molecular weight excluding hydrogens is 344 g/mol. The fraction of sp³-hybridized carbons (Fsp3) is 0.692. The van der Waals surface area contributed by atoms with Gasteiger partial charge in [-0.1, -0.05) is 49.3 Å². The standard InChI is InChI=1S/C26H40O2/c1-19-20(9-7-12-24(19)27)13-14-21-10-8-18-26(4)22(15-16-23(21)26)11-5-6-17-25(2,3)28/h13-15,23-24,27-28H,1,5-12,16-18H2,2-4H3/b20-13-,21-14+/t23?,24-,26+/m0/s1. The number of hydrogen-bond donors (Lipinski definition) is 2. The highest BCUT2D eigenvalue weighted by atomic mass is 16.3. The van der Waals surface area contributed by atoms with Gasteiger partial charge < -0.3 is 10.2 Å². The van der Waals surface area contributed by atoms with Crippen molar-refractivity contribution in [3.05, 3.63) is 47.1 Å². The van der Waals surface area contributed by atoms with E-state index in [1.165, 1.54) is 44.1 Å². The van der Waals surface area contributed by atoms with E-state index in [-0.39, 0.29) is 6.10 Å². The van der Waals surface area contributed by atoms with Gasteiger partial charge in [0.05, 0.1) is 11.7 Å². The van der Waals surface area contributed by atoms with Gasteiger partial charge in [0.25, 0.3) is 0 Å². The monoisotopic (exact) mass is 384 g/mol. The highest BCUT2D eigenvalue weighted by Gasteiger charge is 2.44. The van der Waals surface area contributed by atoms with Gasteiger partial charge >= 0.3 is 0 Å². The Bertz CT molecular complexity index is 673. The molecule has 3 aliphatic carbocycles. The van der Waals surface area contributed by atoms with E-state index in [4.69, 9.17) is 0 Å². The Hall–Kier alpha value is -1.12. The summed E-state index contributed by atoms with van der Waals surface area (Å²) in [7, 11) is 0. The van der Waals surface area contributed by atoms with Gasteiger partial charge in [0, 0.05) is 0 Å². The van der Waals surface area contributed by atoms with Gasteiger partial charge in [-0.3, -0.25) is 0 Å². The first-order valence-corrected chi connectivity index (χ1v) is 11.4. The van der Waals surface area contributed by atoms with Crippen molar-refractivity contribution in [3.63, 3.8) is 0 Å². The molecule has 0 spiro atoms. The predicted molar refractivity (Wildman–Crippen MR) is 118 cm³/mol. The van der Waals surface area contributed by atoms with Crippen molar-refractivity contribution in [3.8, 4) is 0 Å². The third-order valence-electron chi connectivity index (χ3n) is 7.43. The quantitative estimate of drug-likeness (QED) is 0.410. The number of unbranched alkanes of at least 4 members (excludes halogenated alkanes) is 1. The smallest absolute Gasteiger partial charge is 0.0787 e. The third-order valence-corrected chi connectivity index (χ3v) is 7.43. The lowest BCUT2D eigenvalue weighted by molar-refractivity contribution is 0.0681. The minimum atomic E-state index is -0.540. The van der Waals surface area contributed by atoms with Gasteiger partial charge in [-0.2, -0.15) is 0 Å². The van der Waals surface area contributed by atoms with E-state index < -0.39 is 5.60 Å². The van der Waals surface area contributed by atoms with Crippen LogP contribution >= 0.6 is 0 Å². The summed E-state index contributed by atoms with van der Waals surface area (Å²) >= 11 is 0. The van der Waals surface area contributed by atoms with E-state index >= 15 is 0 Å². The maximum Gasteiger partial charge on any atom is 0.0787 e. The Morgan fingerprint density at radius 3 is 2.75 bits per heavy atom. The van der Waals surface area contributed by atoms with Crippen molar-refractivity contribution >= 4 is 0 Å². The van der Waals surface area contributed by atoms with E-state index in [0.29, 0.717) is 11.3 Å². The van der Waals surface area contributed by atoms with Gasteiger partial charge in [0.1, 0.15) is 0 Å². The topological polar surface area (TPSA) is 40.5 Å². The van der Waals surface area contributed by atoms with E-state index in [2.05, 4.69) is 31.7 Å². The largest absolute Gasteiger partial charge is 0.390 e. The predicted octanol–water partition coefficient (Wildman–Crippen LogP) is 6.41. The van der Waals surface area contributed by atoms with Crippen LogP contribution in [0.1, 0.15) is 91.4 Å². The van der Waals surface area contributed by atoms with Gasteiger partial charge in [-0.15, -0.1) is 0 Å². The second-order valence-electron chi connectivity index (χ2n) is 10.2. The summed E-state index contributed by atoms with van der Waals surface area (Å²) in [6, 6.07) is 0. The summed E-state index contributed by atoms with van der Waals surface area (Å²) in [6.07, 6.45) is 19.1. The van der Waals surface area contributed by atoms with Crippen molar-refractivity contribution in [2.24, 2.45) is 11.3 Å². The summed E-state index contributed by atoms with van der Waals surface area (Å²) in [6.45, 7) is 10.4. The van der Waals surface area contributed by atoms with E-state index in [1.54, 1.807) is 11.1 Å². The lowest BCUT2D eigenvalue weighted by atomic mass is 9.63. The summed E-state index contributed by atoms with van der Waals surface area (Å²) in [5, 5.41) is 20.0. The third kappa shape index (κ3) is 4.89. The Balaban J connectivity index is 1.64. The van der Waals surface area contributed by atoms with Gasteiger partial charge in [-0.05, 0) is 101 Å². The van der Waals surface area contributed by atoms with E-state index in [1.807, 2.05) is 13.8 Å². The molecule has 0 amide bonds. The average Bonchev–Trinajstić information content (AvgIpc) is 2.96. The van der Waals surface area contributed by atoms with Crippen molar-refractivity contribution in [1.29, 1.82) is 0 Å². The van der Waals surface area contributed by atoms with Crippen LogP contribution < -0.4 is 0 Å². The van der Waals surface area contributed by atoms with Crippen LogP contribution in [0.15, 0.2) is 47.1 Å². The van der Waals surface area contributed by atoms with Gasteiger partial charge in [0.15, 0.2) is 0 Å². The first-order valence-electron chi connectivity index (χ1n) is 11.4. The van der Waals surface area contributed by atoms with Gasteiger partial charge in [-0.25, -0.2) is 0 Å². The average molecular weight is 385 g/mol. The number of hydrogen-bond acceptors (Lipinski definition) is 2. The second kappa shape index (κ2) is 8.71. The SMILES string of the molecule is C=C1/C(=C\C=C2/CCC[C@]3(C)C(CCCCC(C)(C)O)=CCC23)CCC[C@@H]1O. The molecule has 28 heavy (non-hydrogen) atoms. The highest BCUT2D eigenvalue weighted by Crippen LogP contribution is 2.55. The van der Waals surface area contributed by atoms with Crippen molar-refractivity contribution in [1.82, 2.24) is 0 Å². The summed E-state index contributed by atoms with van der Waals surface area (Å²) in [4.78, 5) is 0. The molecule has 3 aliphatic rings. The molecule has 0 aliphatic heterocycles. The molecule has 0 heterocycles. The van der Waals surface area contributed by atoms with Crippen molar-refractivity contribution in [2.75, 3.05) is 0 Å². The molecule has 2 saturated carbocycles. The minimum Gasteiger partial charge on any atom is -0.390 e. The molecule has 1 unspecified atom stereocenters. The lowest BCUT2D eigenvalue weighted by Crippen LogP contribution is -2.30. The van der Waals surface area contributed by atoms with Crippen LogP contribution in [0, 0.1) is 11.3 Å². The Labute approximate surface area is 172 Å². The van der Waals surface area contributed by atoms with Crippen LogP contribution in [0.3, 0.4) is 0 Å². The molecule has 2 N–H and O–H groups in total. The number of allylic oxidation sites excluding steroid dienone is 5. The number of rotatable bonds is 6. The zero-order valence-electron chi connectivity index (χ0n) is 18.3. The fourth-order valence-corrected chi connectivity index (χ4v) is 5.60. The Morgan fingerprint density at radius 1 is 1.21 bits per heavy atom. The Morgan fingerprint density at radius 2 is 2.00 bits per heavy atom. The van der Waals surface area contributed by atoms with Crippen LogP contribution in [0.4, 0.5) is 0 Å². The first-order chi connectivity index (χ1) is 13.2. The maximum absolute atomic E-state index is 10.1. The van der Waals surface area contributed by atoms with Gasteiger partial charge in [0.2, 0.25) is 0 Å². The molecule has 0 saturated heterocycles. The molecule has 3 atom stereocenters. The molecular formula is C26H40O2. The zero-order valence-corrected chi connectivity index (χ0v) is 18.3. The maximum atomic E-state index is 10.1. The van der Waals surface area contributed by atoms with Crippen molar-refractivity contribution in [2.45, 2.75) is 103 Å². The molecule has 3 rings (SSSR count). The normalized spacial score (nSPS) is 34.0. The van der Waals surface area contributed by atoms with E-state index in [9.17, 15) is 10.2 Å². The van der Waals surface area contributed by atoms with Crippen LogP contribution in [0.25, 0.3) is 0 Å². The molecule has 0 radical (unpaired) electrons. The molecule has 2 fully saturated rings. The fourth-order valence-electron chi connectivity index (χ4n) is 5.60. The Kier molecular flexibility index (Phi) is 6.72. The van der Waals surface area contributed by atoms with Crippen LogP contribution in [0.5, 0.6) is 0 Å². The summed E-state index contributed by atoms with van der Waals surface area (Å²) in [5.41, 5.74) is 5.21. The van der Waals surface area contributed by atoms with Crippen LogP contribution in [0.2, 0.25) is 0 Å². The van der Waals surface area contributed by atoms with Crippen LogP contribution in [-0.2, 0) is 0 Å². The van der Waals surface area contributed by atoms with Crippen molar-refractivity contribution < 1.29 is 10.2 Å². The van der Waals surface area contributed by atoms with Crippen LogP contribution in [-0.4, -0.2) is 21.9 Å². The zero-order chi connectivity index (χ0) is 20.4. The number of fused-ring (bicyclic) bond motifs is 1. The molecule has 156 valence electrons. The lowest BCUT2D eigenvalue weighted by Gasteiger charge is -2.41. The minimum absolute atomic E-state index is 0.320. The second-order valence-corrected chi connectivity index (χ2v) is 10.2. The number of aliphatic hydroxyl groups excluding tert-OH is 1. The summed E-state index contributed by atoms with van der Waals surface area (Å²) < 4.78 is 0. The molecule has 2 heteroatoms. The molecule has 0 bridgehead atoms. The number of aliphatic hydroxyl groups is 2. The molecule has 0 aromatic rings. The molecule has 2 nitrogen and oxygen atoms in total. The highest BCUT2D eigenvalue weighted by molar-refractivity contribution is 5.39. The first kappa shape index (κ1) is 21.6.